The first-order chi connectivity index (χ1) is 17.9. The van der Waals surface area contributed by atoms with Crippen molar-refractivity contribution in [1.82, 2.24) is 0 Å². The zero-order chi connectivity index (χ0) is 23.9. The lowest BCUT2D eigenvalue weighted by atomic mass is 9.95. The van der Waals surface area contributed by atoms with Crippen LogP contribution in [0, 0.1) is 0 Å². The van der Waals surface area contributed by atoms with Crippen LogP contribution in [0.5, 0.6) is 0 Å². The van der Waals surface area contributed by atoms with Crippen molar-refractivity contribution in [1.29, 1.82) is 0 Å². The summed E-state index contributed by atoms with van der Waals surface area (Å²) in [4.78, 5) is 2.26. The van der Waals surface area contributed by atoms with Gasteiger partial charge >= 0.3 is 0 Å². The monoisotopic (exact) mass is 461 g/mol. The summed E-state index contributed by atoms with van der Waals surface area (Å²) < 4.78 is 6.56. The summed E-state index contributed by atoms with van der Waals surface area (Å²) in [5.41, 5.74) is 7.45. The van der Waals surface area contributed by atoms with E-state index in [-0.39, 0.29) is 0 Å². The van der Waals surface area contributed by atoms with Gasteiger partial charge in [-0.25, -0.2) is 0 Å². The largest absolute Gasteiger partial charge is 0.456 e. The van der Waals surface area contributed by atoms with E-state index < -0.39 is 0 Å². The summed E-state index contributed by atoms with van der Waals surface area (Å²) in [6.45, 7) is 0. The van der Waals surface area contributed by atoms with Crippen molar-refractivity contribution in [2.45, 2.75) is 0 Å². The standard InChI is InChI=1S/C34H23NO/c1-4-12-24(13-5-1)31-23-33-34(29-19-11-10-18-28(29)31)30-21-20-27(22-32(30)36-33)35(25-14-6-2-7-15-25)26-16-8-3-9-17-26/h1-23H. The van der Waals surface area contributed by atoms with Crippen LogP contribution in [0.1, 0.15) is 0 Å². The molecule has 0 N–H and O–H groups in total. The Balaban J connectivity index is 1.47. The average molecular weight is 462 g/mol. The van der Waals surface area contributed by atoms with Gasteiger partial charge in [0.2, 0.25) is 0 Å². The predicted octanol–water partition coefficient (Wildman–Crippen LogP) is 9.88. The van der Waals surface area contributed by atoms with Gasteiger partial charge in [0.15, 0.2) is 0 Å². The zero-order valence-corrected chi connectivity index (χ0v) is 19.6. The fraction of sp³-hybridized carbons (Fsp3) is 0. The summed E-state index contributed by atoms with van der Waals surface area (Å²) in [6.07, 6.45) is 0. The minimum atomic E-state index is 0.884. The molecule has 0 spiro atoms. The molecule has 0 aliphatic rings. The summed E-state index contributed by atoms with van der Waals surface area (Å²) in [6, 6.07) is 48.8. The molecule has 0 radical (unpaired) electrons. The lowest BCUT2D eigenvalue weighted by molar-refractivity contribution is 0.669. The lowest BCUT2D eigenvalue weighted by Gasteiger charge is -2.25. The number of rotatable bonds is 4. The maximum absolute atomic E-state index is 6.56. The Morgan fingerprint density at radius 2 is 1.00 bits per heavy atom. The van der Waals surface area contributed by atoms with E-state index in [2.05, 4.69) is 132 Å². The molecule has 1 aromatic heterocycles. The molecule has 2 nitrogen and oxygen atoms in total. The molecule has 0 aliphatic carbocycles. The smallest absolute Gasteiger partial charge is 0.137 e. The summed E-state index contributed by atoms with van der Waals surface area (Å²) in [5, 5.41) is 4.74. The molecule has 0 fully saturated rings. The van der Waals surface area contributed by atoms with E-state index in [1.165, 1.54) is 21.9 Å². The van der Waals surface area contributed by atoms with E-state index in [0.717, 1.165) is 39.0 Å². The SMILES string of the molecule is c1ccc(-c2cc3oc4cc(N(c5ccccc5)c5ccccc5)ccc4c3c3ccccc23)cc1. The van der Waals surface area contributed by atoms with Crippen LogP contribution in [0.3, 0.4) is 0 Å². The van der Waals surface area contributed by atoms with E-state index in [4.69, 9.17) is 4.42 Å². The third-order valence-corrected chi connectivity index (χ3v) is 6.83. The highest BCUT2D eigenvalue weighted by molar-refractivity contribution is 6.22. The topological polar surface area (TPSA) is 16.4 Å². The second-order valence-electron chi connectivity index (χ2n) is 9.00. The van der Waals surface area contributed by atoms with Gasteiger partial charge in [-0.05, 0) is 64.4 Å². The number of fused-ring (bicyclic) bond motifs is 5. The Labute approximate surface area is 209 Å². The van der Waals surface area contributed by atoms with Gasteiger partial charge in [0.05, 0.1) is 0 Å². The van der Waals surface area contributed by atoms with Crippen LogP contribution in [0.2, 0.25) is 0 Å². The fourth-order valence-corrected chi connectivity index (χ4v) is 5.23. The molecule has 36 heavy (non-hydrogen) atoms. The molecular formula is C34H23NO. The van der Waals surface area contributed by atoms with Crippen LogP contribution in [0.15, 0.2) is 144 Å². The predicted molar refractivity (Wildman–Crippen MR) is 151 cm³/mol. The van der Waals surface area contributed by atoms with Gasteiger partial charge in [-0.15, -0.1) is 0 Å². The number of hydrogen-bond donors (Lipinski definition) is 0. The quantitative estimate of drug-likeness (QED) is 0.259. The Kier molecular flexibility index (Phi) is 4.82. The summed E-state index contributed by atoms with van der Waals surface area (Å²) in [5.74, 6) is 0. The van der Waals surface area contributed by atoms with Crippen molar-refractivity contribution in [3.63, 3.8) is 0 Å². The molecule has 0 saturated carbocycles. The van der Waals surface area contributed by atoms with E-state index in [9.17, 15) is 0 Å². The molecule has 2 heteroatoms. The maximum atomic E-state index is 6.56. The van der Waals surface area contributed by atoms with Crippen molar-refractivity contribution >= 4 is 49.8 Å². The molecule has 0 aliphatic heterocycles. The van der Waals surface area contributed by atoms with Crippen LogP contribution in [-0.4, -0.2) is 0 Å². The Morgan fingerprint density at radius 1 is 0.417 bits per heavy atom. The minimum absolute atomic E-state index is 0.884. The van der Waals surface area contributed by atoms with Gasteiger partial charge in [0.25, 0.3) is 0 Å². The summed E-state index contributed by atoms with van der Waals surface area (Å²) in [7, 11) is 0. The van der Waals surface area contributed by atoms with Crippen LogP contribution in [0.4, 0.5) is 17.1 Å². The van der Waals surface area contributed by atoms with Gasteiger partial charge in [-0.1, -0.05) is 91.0 Å². The highest BCUT2D eigenvalue weighted by Gasteiger charge is 2.17. The molecule has 7 rings (SSSR count). The normalized spacial score (nSPS) is 11.3. The van der Waals surface area contributed by atoms with E-state index >= 15 is 0 Å². The zero-order valence-electron chi connectivity index (χ0n) is 19.6. The lowest BCUT2D eigenvalue weighted by Crippen LogP contribution is -2.09. The number of nitrogens with zero attached hydrogens (tertiary/aromatic N) is 1. The van der Waals surface area contributed by atoms with Crippen LogP contribution in [-0.2, 0) is 0 Å². The van der Waals surface area contributed by atoms with E-state index in [0.29, 0.717) is 0 Å². The van der Waals surface area contributed by atoms with Crippen molar-refractivity contribution < 1.29 is 4.42 Å². The second-order valence-corrected chi connectivity index (χ2v) is 9.00. The minimum Gasteiger partial charge on any atom is -0.456 e. The Bertz CT molecular complexity index is 1780. The van der Waals surface area contributed by atoms with Crippen LogP contribution < -0.4 is 4.90 Å². The molecular weight excluding hydrogens is 438 g/mol. The molecule has 1 heterocycles. The highest BCUT2D eigenvalue weighted by Crippen LogP contribution is 2.42. The van der Waals surface area contributed by atoms with Crippen LogP contribution in [0.25, 0.3) is 43.8 Å². The van der Waals surface area contributed by atoms with Crippen molar-refractivity contribution in [3.05, 3.63) is 140 Å². The average Bonchev–Trinajstić information content (AvgIpc) is 3.32. The van der Waals surface area contributed by atoms with Gasteiger partial charge < -0.3 is 9.32 Å². The van der Waals surface area contributed by atoms with Gasteiger partial charge in [-0.2, -0.15) is 0 Å². The summed E-state index contributed by atoms with van der Waals surface area (Å²) >= 11 is 0. The second kappa shape index (κ2) is 8.44. The number of anilines is 3. The maximum Gasteiger partial charge on any atom is 0.137 e. The first-order valence-electron chi connectivity index (χ1n) is 12.2. The molecule has 0 bridgehead atoms. The Hall–Kier alpha value is -4.82. The molecule has 170 valence electrons. The molecule has 0 unspecified atom stereocenters. The third-order valence-electron chi connectivity index (χ3n) is 6.83. The van der Waals surface area contributed by atoms with Gasteiger partial charge in [0.1, 0.15) is 11.2 Å². The van der Waals surface area contributed by atoms with Crippen molar-refractivity contribution in [2.24, 2.45) is 0 Å². The van der Waals surface area contributed by atoms with Crippen molar-refractivity contribution in [3.8, 4) is 11.1 Å². The van der Waals surface area contributed by atoms with Crippen molar-refractivity contribution in [2.75, 3.05) is 4.90 Å². The van der Waals surface area contributed by atoms with Gasteiger partial charge in [-0.3, -0.25) is 0 Å². The first-order valence-corrected chi connectivity index (χ1v) is 12.2. The fourth-order valence-electron chi connectivity index (χ4n) is 5.23. The molecule has 0 saturated heterocycles. The molecule has 0 amide bonds. The Morgan fingerprint density at radius 3 is 1.67 bits per heavy atom. The van der Waals surface area contributed by atoms with E-state index in [1.807, 2.05) is 12.1 Å². The van der Waals surface area contributed by atoms with E-state index in [1.54, 1.807) is 0 Å². The molecule has 6 aromatic carbocycles. The highest BCUT2D eigenvalue weighted by atomic mass is 16.3. The number of hydrogen-bond acceptors (Lipinski definition) is 2. The first kappa shape index (κ1) is 20.5. The van der Waals surface area contributed by atoms with Gasteiger partial charge in [0, 0.05) is 33.9 Å². The molecule has 0 atom stereocenters. The number of para-hydroxylation sites is 2. The number of furan rings is 1. The number of benzene rings is 6. The third kappa shape index (κ3) is 3.35. The molecule has 7 aromatic rings. The van der Waals surface area contributed by atoms with Crippen LogP contribution >= 0.6 is 0 Å².